The van der Waals surface area contributed by atoms with Crippen LogP contribution in [-0.4, -0.2) is 16.8 Å². The van der Waals surface area contributed by atoms with Gasteiger partial charge in [0.1, 0.15) is 0 Å². The van der Waals surface area contributed by atoms with E-state index in [0.717, 1.165) is 10.6 Å². The van der Waals surface area contributed by atoms with Crippen LogP contribution in [0.4, 0.5) is 5.69 Å². The first-order chi connectivity index (χ1) is 7.65. The summed E-state index contributed by atoms with van der Waals surface area (Å²) in [7, 11) is 0. The molecule has 0 radical (unpaired) electrons. The van der Waals surface area contributed by atoms with Gasteiger partial charge in [-0.3, -0.25) is 0 Å². The SMILES string of the molecule is CCCCCSc1ccc(C(=O)O)cc1N. The summed E-state index contributed by atoms with van der Waals surface area (Å²) in [5, 5.41) is 8.78. The summed E-state index contributed by atoms with van der Waals surface area (Å²) in [6.45, 7) is 2.17. The molecule has 0 aromatic heterocycles. The second-order valence-corrected chi connectivity index (χ2v) is 4.75. The van der Waals surface area contributed by atoms with Crippen LogP contribution in [0.5, 0.6) is 0 Å². The Bertz CT molecular complexity index is 366. The van der Waals surface area contributed by atoms with Crippen LogP contribution in [0.3, 0.4) is 0 Å². The number of aromatic carboxylic acids is 1. The number of benzene rings is 1. The van der Waals surface area contributed by atoms with Crippen molar-refractivity contribution in [2.24, 2.45) is 0 Å². The molecule has 3 nitrogen and oxygen atoms in total. The maximum Gasteiger partial charge on any atom is 0.335 e. The molecule has 1 rings (SSSR count). The van der Waals surface area contributed by atoms with Crippen molar-refractivity contribution in [2.75, 3.05) is 11.5 Å². The smallest absolute Gasteiger partial charge is 0.335 e. The molecule has 0 saturated heterocycles. The normalized spacial score (nSPS) is 10.3. The van der Waals surface area contributed by atoms with Crippen molar-refractivity contribution in [3.05, 3.63) is 23.8 Å². The lowest BCUT2D eigenvalue weighted by Crippen LogP contribution is -1.98. The van der Waals surface area contributed by atoms with Crippen molar-refractivity contribution < 1.29 is 9.90 Å². The predicted octanol–water partition coefficient (Wildman–Crippen LogP) is 3.25. The highest BCUT2D eigenvalue weighted by molar-refractivity contribution is 7.99. The van der Waals surface area contributed by atoms with Crippen molar-refractivity contribution in [3.63, 3.8) is 0 Å². The lowest BCUT2D eigenvalue weighted by Gasteiger charge is -2.05. The molecule has 0 fully saturated rings. The Kier molecular flexibility index (Phi) is 5.19. The number of unbranched alkanes of at least 4 members (excludes halogenated alkanes) is 2. The Hall–Kier alpha value is -1.16. The average Bonchev–Trinajstić information content (AvgIpc) is 2.26. The molecule has 0 atom stereocenters. The van der Waals surface area contributed by atoms with Gasteiger partial charge >= 0.3 is 5.97 Å². The lowest BCUT2D eigenvalue weighted by molar-refractivity contribution is 0.0697. The number of hydrogen-bond acceptors (Lipinski definition) is 3. The van der Waals surface area contributed by atoms with Gasteiger partial charge in [-0.1, -0.05) is 19.8 Å². The van der Waals surface area contributed by atoms with Gasteiger partial charge in [0.15, 0.2) is 0 Å². The van der Waals surface area contributed by atoms with Gasteiger partial charge in [-0.2, -0.15) is 0 Å². The summed E-state index contributed by atoms with van der Waals surface area (Å²) < 4.78 is 0. The fraction of sp³-hybridized carbons (Fsp3) is 0.417. The zero-order valence-corrected chi connectivity index (χ0v) is 10.2. The molecule has 0 saturated carbocycles. The lowest BCUT2D eigenvalue weighted by atomic mass is 10.2. The van der Waals surface area contributed by atoms with Crippen LogP contribution >= 0.6 is 11.8 Å². The van der Waals surface area contributed by atoms with Gasteiger partial charge in [0.25, 0.3) is 0 Å². The molecule has 0 unspecified atom stereocenters. The molecule has 0 heterocycles. The van der Waals surface area contributed by atoms with Gasteiger partial charge in [-0.05, 0) is 30.4 Å². The van der Waals surface area contributed by atoms with Crippen LogP contribution < -0.4 is 5.73 Å². The highest BCUT2D eigenvalue weighted by atomic mass is 32.2. The second kappa shape index (κ2) is 6.43. The molecule has 1 aromatic rings. The van der Waals surface area contributed by atoms with E-state index >= 15 is 0 Å². The fourth-order valence-corrected chi connectivity index (χ4v) is 2.31. The van der Waals surface area contributed by atoms with Crippen LogP contribution in [0.25, 0.3) is 0 Å². The molecule has 3 N–H and O–H groups in total. The number of nitrogen functional groups attached to an aromatic ring is 1. The van der Waals surface area contributed by atoms with E-state index in [1.807, 2.05) is 0 Å². The maximum absolute atomic E-state index is 10.7. The van der Waals surface area contributed by atoms with Crippen molar-refractivity contribution in [2.45, 2.75) is 31.1 Å². The van der Waals surface area contributed by atoms with Crippen LogP contribution in [0, 0.1) is 0 Å². The van der Waals surface area contributed by atoms with Crippen molar-refractivity contribution in [1.29, 1.82) is 0 Å². The molecule has 0 bridgehead atoms. The molecular weight excluding hydrogens is 222 g/mol. The number of thioether (sulfide) groups is 1. The minimum absolute atomic E-state index is 0.246. The van der Waals surface area contributed by atoms with Gasteiger partial charge in [0.2, 0.25) is 0 Å². The molecule has 1 aromatic carbocycles. The van der Waals surface area contributed by atoms with E-state index < -0.39 is 5.97 Å². The van der Waals surface area contributed by atoms with E-state index in [4.69, 9.17) is 10.8 Å². The van der Waals surface area contributed by atoms with Gasteiger partial charge in [-0.25, -0.2) is 4.79 Å². The number of carboxylic acids is 1. The maximum atomic E-state index is 10.7. The third-order valence-corrected chi connectivity index (χ3v) is 3.44. The van der Waals surface area contributed by atoms with Crippen molar-refractivity contribution >= 4 is 23.4 Å². The number of hydrogen-bond donors (Lipinski definition) is 2. The number of carboxylic acid groups (broad SMARTS) is 1. The third-order valence-electron chi connectivity index (χ3n) is 2.26. The van der Waals surface area contributed by atoms with Gasteiger partial charge in [-0.15, -0.1) is 11.8 Å². The first-order valence-corrected chi connectivity index (χ1v) is 6.39. The largest absolute Gasteiger partial charge is 0.478 e. The predicted molar refractivity (Wildman–Crippen MR) is 68.1 cm³/mol. The van der Waals surface area contributed by atoms with Crippen molar-refractivity contribution in [3.8, 4) is 0 Å². The minimum Gasteiger partial charge on any atom is -0.478 e. The van der Waals surface area contributed by atoms with Gasteiger partial charge < -0.3 is 10.8 Å². The first kappa shape index (κ1) is 12.9. The Morgan fingerprint density at radius 2 is 2.19 bits per heavy atom. The Balaban J connectivity index is 2.57. The van der Waals surface area contributed by atoms with Gasteiger partial charge in [0.05, 0.1) is 5.56 Å². The molecule has 16 heavy (non-hydrogen) atoms. The van der Waals surface area contributed by atoms with E-state index in [0.29, 0.717) is 5.69 Å². The van der Waals surface area contributed by atoms with Crippen molar-refractivity contribution in [1.82, 2.24) is 0 Å². The van der Waals surface area contributed by atoms with E-state index in [9.17, 15) is 4.79 Å². The molecule has 0 spiro atoms. The zero-order valence-electron chi connectivity index (χ0n) is 9.40. The number of anilines is 1. The topological polar surface area (TPSA) is 63.3 Å². The van der Waals surface area contributed by atoms with Crippen LogP contribution in [0.2, 0.25) is 0 Å². The van der Waals surface area contributed by atoms with E-state index in [2.05, 4.69) is 6.92 Å². The first-order valence-electron chi connectivity index (χ1n) is 5.40. The summed E-state index contributed by atoms with van der Waals surface area (Å²) in [4.78, 5) is 11.7. The van der Waals surface area contributed by atoms with E-state index in [-0.39, 0.29) is 5.56 Å². The summed E-state index contributed by atoms with van der Waals surface area (Å²) in [6.07, 6.45) is 3.59. The molecule has 88 valence electrons. The molecule has 4 heteroatoms. The highest BCUT2D eigenvalue weighted by Crippen LogP contribution is 2.26. The molecule has 0 aliphatic rings. The quantitative estimate of drug-likeness (QED) is 0.454. The Labute approximate surface area is 100 Å². The standard InChI is InChI=1S/C12H17NO2S/c1-2-3-4-7-16-11-6-5-9(12(14)15)8-10(11)13/h5-6,8H,2-4,7,13H2,1H3,(H,14,15). The number of carbonyl (C=O) groups is 1. The van der Waals surface area contributed by atoms with Crippen LogP contribution in [0.15, 0.2) is 23.1 Å². The van der Waals surface area contributed by atoms with E-state index in [1.165, 1.54) is 25.3 Å². The van der Waals surface area contributed by atoms with Crippen LogP contribution in [-0.2, 0) is 0 Å². The zero-order chi connectivity index (χ0) is 12.0. The molecular formula is C12H17NO2S. The number of nitrogens with two attached hydrogens (primary N) is 1. The molecule has 0 amide bonds. The molecule has 0 aliphatic heterocycles. The Morgan fingerprint density at radius 1 is 1.44 bits per heavy atom. The molecule has 0 aliphatic carbocycles. The second-order valence-electron chi connectivity index (χ2n) is 3.61. The Morgan fingerprint density at radius 3 is 2.75 bits per heavy atom. The summed E-state index contributed by atoms with van der Waals surface area (Å²) in [5.74, 6) is 0.0963. The average molecular weight is 239 g/mol. The van der Waals surface area contributed by atoms with Gasteiger partial charge in [0, 0.05) is 10.6 Å². The van der Waals surface area contributed by atoms with E-state index in [1.54, 1.807) is 23.9 Å². The third kappa shape index (κ3) is 3.77. The monoisotopic (exact) mass is 239 g/mol. The summed E-state index contributed by atoms with van der Waals surface area (Å²) >= 11 is 1.69. The van der Waals surface area contributed by atoms with Crippen LogP contribution in [0.1, 0.15) is 36.5 Å². The minimum atomic E-state index is -0.936. The number of rotatable bonds is 6. The fourth-order valence-electron chi connectivity index (χ4n) is 1.35. The highest BCUT2D eigenvalue weighted by Gasteiger charge is 2.06. The summed E-state index contributed by atoms with van der Waals surface area (Å²) in [5.41, 5.74) is 6.59. The summed E-state index contributed by atoms with van der Waals surface area (Å²) in [6, 6.07) is 4.90.